The Bertz CT molecular complexity index is 954. The van der Waals surface area contributed by atoms with E-state index in [9.17, 15) is 12.8 Å². The zero-order valence-electron chi connectivity index (χ0n) is 13.2. The molecule has 0 bridgehead atoms. The predicted octanol–water partition coefficient (Wildman–Crippen LogP) is 2.65. The molecule has 0 atom stereocenters. The summed E-state index contributed by atoms with van der Waals surface area (Å²) in [6, 6.07) is 8.89. The zero-order valence-corrected chi connectivity index (χ0v) is 14.0. The van der Waals surface area contributed by atoms with Crippen LogP contribution in [0.5, 0.6) is 11.6 Å². The highest BCUT2D eigenvalue weighted by molar-refractivity contribution is 7.90. The lowest BCUT2D eigenvalue weighted by molar-refractivity contribution is 0.382. The Morgan fingerprint density at radius 1 is 1.16 bits per heavy atom. The normalized spacial score (nSPS) is 11.4. The maximum Gasteiger partial charge on any atom is 0.227 e. The van der Waals surface area contributed by atoms with Crippen molar-refractivity contribution in [2.75, 3.05) is 12.0 Å². The molecule has 1 aromatic carbocycles. The molecule has 0 N–H and O–H groups in total. The first-order valence-electron chi connectivity index (χ1n) is 7.29. The Kier molecular flexibility index (Phi) is 4.75. The van der Waals surface area contributed by atoms with Crippen molar-refractivity contribution < 1.29 is 22.1 Å². The Labute approximate surface area is 143 Å². The van der Waals surface area contributed by atoms with Gasteiger partial charge >= 0.3 is 0 Å². The average Bonchev–Trinajstić information content (AvgIpc) is 3.04. The molecule has 0 aliphatic heterocycles. The molecule has 2 aromatic heterocycles. The molecule has 0 aliphatic rings. The third-order valence-corrected chi connectivity index (χ3v) is 4.13. The largest absolute Gasteiger partial charge is 0.439 e. The van der Waals surface area contributed by atoms with Crippen molar-refractivity contribution in [1.29, 1.82) is 0 Å². The molecule has 0 amide bonds. The molecule has 0 fully saturated rings. The van der Waals surface area contributed by atoms with Crippen LogP contribution in [-0.4, -0.2) is 35.6 Å². The standard InChI is InChI=1S/C16H14FN3O4S/c1-25(21,22)9-8-15-19-16(20-24-15)11-2-7-14(18-10-11)23-13-5-3-12(17)4-6-13/h2-7,10H,8-9H2,1H3. The van der Waals surface area contributed by atoms with Crippen LogP contribution in [0.2, 0.25) is 0 Å². The molecular formula is C16H14FN3O4S. The van der Waals surface area contributed by atoms with Crippen molar-refractivity contribution in [2.45, 2.75) is 6.42 Å². The summed E-state index contributed by atoms with van der Waals surface area (Å²) in [6.07, 6.45) is 2.81. The Morgan fingerprint density at radius 2 is 1.92 bits per heavy atom. The van der Waals surface area contributed by atoms with Crippen LogP contribution >= 0.6 is 0 Å². The summed E-state index contributed by atoms with van der Waals surface area (Å²) in [6.45, 7) is 0. The molecular weight excluding hydrogens is 349 g/mol. The van der Waals surface area contributed by atoms with Crippen molar-refractivity contribution in [3.8, 4) is 23.0 Å². The van der Waals surface area contributed by atoms with Gasteiger partial charge in [0, 0.05) is 30.5 Å². The fraction of sp³-hybridized carbons (Fsp3) is 0.188. The lowest BCUT2D eigenvalue weighted by atomic mass is 10.3. The number of pyridine rings is 1. The van der Waals surface area contributed by atoms with Gasteiger partial charge < -0.3 is 9.26 Å². The Morgan fingerprint density at radius 3 is 2.56 bits per heavy atom. The fourth-order valence-electron chi connectivity index (χ4n) is 1.94. The summed E-state index contributed by atoms with van der Waals surface area (Å²) >= 11 is 0. The molecule has 2 heterocycles. The van der Waals surface area contributed by atoms with Gasteiger partial charge in [-0.3, -0.25) is 0 Å². The second-order valence-corrected chi connectivity index (χ2v) is 7.59. The quantitative estimate of drug-likeness (QED) is 0.664. The second-order valence-electron chi connectivity index (χ2n) is 5.33. The van der Waals surface area contributed by atoms with Crippen LogP contribution < -0.4 is 4.74 Å². The maximum atomic E-state index is 12.9. The summed E-state index contributed by atoms with van der Waals surface area (Å²) in [5.74, 6) is 0.938. The van der Waals surface area contributed by atoms with Gasteiger partial charge in [0.05, 0.1) is 5.75 Å². The second kappa shape index (κ2) is 6.98. The van der Waals surface area contributed by atoms with E-state index in [2.05, 4.69) is 15.1 Å². The predicted molar refractivity (Wildman–Crippen MR) is 87.4 cm³/mol. The summed E-state index contributed by atoms with van der Waals surface area (Å²) in [5, 5.41) is 3.81. The number of nitrogens with zero attached hydrogens (tertiary/aromatic N) is 3. The van der Waals surface area contributed by atoms with Gasteiger partial charge in [-0.15, -0.1) is 0 Å². The van der Waals surface area contributed by atoms with E-state index in [1.807, 2.05) is 0 Å². The molecule has 25 heavy (non-hydrogen) atoms. The molecule has 130 valence electrons. The van der Waals surface area contributed by atoms with Crippen molar-refractivity contribution in [2.24, 2.45) is 0 Å². The van der Waals surface area contributed by atoms with Crippen molar-refractivity contribution >= 4 is 9.84 Å². The minimum atomic E-state index is -3.10. The van der Waals surface area contributed by atoms with E-state index < -0.39 is 9.84 Å². The molecule has 0 saturated heterocycles. The first-order chi connectivity index (χ1) is 11.9. The van der Waals surface area contributed by atoms with Crippen LogP contribution in [0.15, 0.2) is 47.1 Å². The highest BCUT2D eigenvalue weighted by Gasteiger charge is 2.12. The van der Waals surface area contributed by atoms with E-state index in [1.54, 1.807) is 12.1 Å². The zero-order chi connectivity index (χ0) is 17.9. The Hall–Kier alpha value is -2.81. The van der Waals surface area contributed by atoms with Gasteiger partial charge in [-0.2, -0.15) is 4.98 Å². The first kappa shape index (κ1) is 17.0. The van der Waals surface area contributed by atoms with Gasteiger partial charge in [0.25, 0.3) is 0 Å². The van der Waals surface area contributed by atoms with E-state index in [-0.39, 0.29) is 23.9 Å². The number of hydrogen-bond acceptors (Lipinski definition) is 7. The van der Waals surface area contributed by atoms with E-state index in [0.717, 1.165) is 6.26 Å². The minimum absolute atomic E-state index is 0.0582. The fourth-order valence-corrected chi connectivity index (χ4v) is 2.49. The van der Waals surface area contributed by atoms with E-state index in [0.29, 0.717) is 23.0 Å². The SMILES string of the molecule is CS(=O)(=O)CCc1nc(-c2ccc(Oc3ccc(F)cc3)nc2)no1. The third-order valence-electron chi connectivity index (χ3n) is 3.19. The molecule has 0 radical (unpaired) electrons. The molecule has 9 heteroatoms. The summed E-state index contributed by atoms with van der Waals surface area (Å²) in [4.78, 5) is 8.28. The average molecular weight is 363 g/mol. The van der Waals surface area contributed by atoms with Crippen LogP contribution in [-0.2, 0) is 16.3 Å². The van der Waals surface area contributed by atoms with Gasteiger partial charge in [-0.1, -0.05) is 5.16 Å². The molecule has 0 spiro atoms. The number of aromatic nitrogens is 3. The smallest absolute Gasteiger partial charge is 0.227 e. The van der Waals surface area contributed by atoms with E-state index in [1.165, 1.54) is 30.5 Å². The molecule has 0 unspecified atom stereocenters. The number of benzene rings is 1. The van der Waals surface area contributed by atoms with Crippen LogP contribution in [0.1, 0.15) is 5.89 Å². The third kappa shape index (κ3) is 4.83. The van der Waals surface area contributed by atoms with Crippen LogP contribution in [0.25, 0.3) is 11.4 Å². The highest BCUT2D eigenvalue weighted by atomic mass is 32.2. The summed E-state index contributed by atoms with van der Waals surface area (Å²) in [5.41, 5.74) is 0.598. The maximum absolute atomic E-state index is 12.9. The van der Waals surface area contributed by atoms with E-state index in [4.69, 9.17) is 9.26 Å². The number of hydrogen-bond donors (Lipinski definition) is 0. The van der Waals surface area contributed by atoms with Crippen molar-refractivity contribution in [1.82, 2.24) is 15.1 Å². The summed E-state index contributed by atoms with van der Waals surface area (Å²) < 4.78 is 45.7. The molecule has 3 rings (SSSR count). The van der Waals surface area contributed by atoms with Crippen LogP contribution in [0.3, 0.4) is 0 Å². The number of aryl methyl sites for hydroxylation is 1. The lowest BCUT2D eigenvalue weighted by Crippen LogP contribution is -2.05. The topological polar surface area (TPSA) is 95.2 Å². The number of ether oxygens (including phenoxy) is 1. The van der Waals surface area contributed by atoms with Gasteiger partial charge in [-0.05, 0) is 30.3 Å². The molecule has 3 aromatic rings. The monoisotopic (exact) mass is 363 g/mol. The minimum Gasteiger partial charge on any atom is -0.439 e. The van der Waals surface area contributed by atoms with E-state index >= 15 is 0 Å². The van der Waals surface area contributed by atoms with Crippen molar-refractivity contribution in [3.63, 3.8) is 0 Å². The number of rotatable bonds is 6. The number of sulfone groups is 1. The lowest BCUT2D eigenvalue weighted by Gasteiger charge is -2.04. The van der Waals surface area contributed by atoms with Gasteiger partial charge in [-0.25, -0.2) is 17.8 Å². The van der Waals surface area contributed by atoms with Crippen molar-refractivity contribution in [3.05, 3.63) is 54.3 Å². The van der Waals surface area contributed by atoms with Gasteiger partial charge in [0.1, 0.15) is 21.4 Å². The first-order valence-corrected chi connectivity index (χ1v) is 9.35. The van der Waals surface area contributed by atoms with Crippen LogP contribution in [0.4, 0.5) is 4.39 Å². The summed E-state index contributed by atoms with van der Waals surface area (Å²) in [7, 11) is -3.10. The Balaban J connectivity index is 1.68. The molecule has 0 aliphatic carbocycles. The highest BCUT2D eigenvalue weighted by Crippen LogP contribution is 2.22. The van der Waals surface area contributed by atoms with Crippen LogP contribution in [0, 0.1) is 5.82 Å². The van der Waals surface area contributed by atoms with Gasteiger partial charge in [0.15, 0.2) is 0 Å². The van der Waals surface area contributed by atoms with Gasteiger partial charge in [0.2, 0.25) is 17.6 Å². The molecule has 7 nitrogen and oxygen atoms in total. The molecule has 0 saturated carbocycles. The number of halogens is 1.